The van der Waals surface area contributed by atoms with Crippen molar-refractivity contribution in [2.24, 2.45) is 0 Å². The van der Waals surface area contributed by atoms with Crippen LogP contribution in [0.15, 0.2) is 34.9 Å². The van der Waals surface area contributed by atoms with E-state index >= 15 is 0 Å². The third-order valence-corrected chi connectivity index (χ3v) is 3.92. The molecule has 2 aromatic rings. The Bertz CT molecular complexity index is 579. The highest BCUT2D eigenvalue weighted by atomic mass is 16.5. The number of piperidine rings is 1. The van der Waals surface area contributed by atoms with Crippen molar-refractivity contribution in [1.29, 1.82) is 0 Å². The highest BCUT2D eigenvalue weighted by Gasteiger charge is 2.28. The molecule has 1 fully saturated rings. The zero-order chi connectivity index (χ0) is 15.3. The lowest BCUT2D eigenvalue weighted by atomic mass is 9.94. The highest BCUT2D eigenvalue weighted by molar-refractivity contribution is 5.51. The van der Waals surface area contributed by atoms with Gasteiger partial charge in [0.2, 0.25) is 0 Å². The molecule has 0 unspecified atom stereocenters. The molecule has 0 amide bonds. The number of aromatic nitrogens is 2. The number of hydrogen-bond acceptors (Lipinski definition) is 6. The van der Waals surface area contributed by atoms with Crippen LogP contribution < -0.4 is 10.6 Å². The Labute approximate surface area is 129 Å². The number of hydrogen-bond donors (Lipinski definition) is 3. The smallest absolute Gasteiger partial charge is 0.257 e. The molecule has 3 N–H and O–H groups in total. The van der Waals surface area contributed by atoms with Crippen molar-refractivity contribution in [3.63, 3.8) is 0 Å². The fourth-order valence-corrected chi connectivity index (χ4v) is 2.68. The SMILES string of the molecule is O[C@]1(CNCCc2noc(-c3ccccc3)n2)CCCNC1. The number of nitrogens with zero attached hydrogens (tertiary/aromatic N) is 2. The normalized spacial score (nSPS) is 21.9. The van der Waals surface area contributed by atoms with Crippen LogP contribution in [0, 0.1) is 0 Å². The lowest BCUT2D eigenvalue weighted by molar-refractivity contribution is 0.0174. The highest BCUT2D eigenvalue weighted by Crippen LogP contribution is 2.16. The molecule has 1 atom stereocenters. The summed E-state index contributed by atoms with van der Waals surface area (Å²) in [5.74, 6) is 1.23. The summed E-state index contributed by atoms with van der Waals surface area (Å²) in [6.07, 6.45) is 2.54. The van der Waals surface area contributed by atoms with Crippen molar-refractivity contribution < 1.29 is 9.63 Å². The molecule has 1 aliphatic rings. The summed E-state index contributed by atoms with van der Waals surface area (Å²) in [6.45, 7) is 2.95. The first-order valence-electron chi connectivity index (χ1n) is 7.77. The minimum absolute atomic E-state index is 0.547. The number of β-amino-alcohol motifs (C(OH)–C–C–N with tert-alkyl or cyclic N) is 1. The maximum Gasteiger partial charge on any atom is 0.257 e. The van der Waals surface area contributed by atoms with Crippen LogP contribution in [0.2, 0.25) is 0 Å². The largest absolute Gasteiger partial charge is 0.387 e. The minimum Gasteiger partial charge on any atom is -0.387 e. The van der Waals surface area contributed by atoms with Crippen LogP contribution in [0.25, 0.3) is 11.5 Å². The molecule has 118 valence electrons. The Morgan fingerprint density at radius 1 is 1.32 bits per heavy atom. The molecule has 1 aromatic heterocycles. The van der Waals surface area contributed by atoms with Crippen LogP contribution in [0.4, 0.5) is 0 Å². The van der Waals surface area contributed by atoms with Crippen molar-refractivity contribution in [2.45, 2.75) is 24.9 Å². The standard InChI is InChI=1S/C16H22N4O2/c21-16(8-4-9-17-11-16)12-18-10-7-14-19-15(22-20-14)13-5-2-1-3-6-13/h1-3,5-6,17-18,21H,4,7-12H2/t16-/m1/s1. The monoisotopic (exact) mass is 302 g/mol. The summed E-state index contributed by atoms with van der Waals surface area (Å²) in [7, 11) is 0. The number of rotatable bonds is 6. The van der Waals surface area contributed by atoms with Crippen molar-refractivity contribution >= 4 is 0 Å². The lowest BCUT2D eigenvalue weighted by Crippen LogP contribution is -2.52. The molecule has 6 nitrogen and oxygen atoms in total. The average molecular weight is 302 g/mol. The first-order valence-corrected chi connectivity index (χ1v) is 7.77. The predicted molar refractivity (Wildman–Crippen MR) is 83.4 cm³/mol. The van der Waals surface area contributed by atoms with Crippen LogP contribution in [0.1, 0.15) is 18.7 Å². The number of aliphatic hydroxyl groups is 1. The summed E-state index contributed by atoms with van der Waals surface area (Å²) < 4.78 is 5.27. The van der Waals surface area contributed by atoms with E-state index in [2.05, 4.69) is 20.8 Å². The summed E-state index contributed by atoms with van der Waals surface area (Å²) in [4.78, 5) is 4.39. The van der Waals surface area contributed by atoms with E-state index in [1.54, 1.807) is 0 Å². The van der Waals surface area contributed by atoms with E-state index in [0.717, 1.165) is 31.5 Å². The molecular formula is C16H22N4O2. The Balaban J connectivity index is 1.45. The Morgan fingerprint density at radius 2 is 2.18 bits per heavy atom. The molecule has 3 rings (SSSR count). The zero-order valence-electron chi connectivity index (χ0n) is 12.6. The minimum atomic E-state index is -0.634. The molecule has 6 heteroatoms. The molecular weight excluding hydrogens is 280 g/mol. The van der Waals surface area contributed by atoms with Crippen LogP contribution in [-0.2, 0) is 6.42 Å². The predicted octanol–water partition coefficient (Wildman–Crippen LogP) is 0.983. The van der Waals surface area contributed by atoms with Gasteiger partial charge in [-0.3, -0.25) is 0 Å². The van der Waals surface area contributed by atoms with Gasteiger partial charge in [-0.15, -0.1) is 0 Å². The summed E-state index contributed by atoms with van der Waals surface area (Å²) in [5.41, 5.74) is 0.293. The Morgan fingerprint density at radius 3 is 2.95 bits per heavy atom. The van der Waals surface area contributed by atoms with E-state index in [0.29, 0.717) is 31.2 Å². The van der Waals surface area contributed by atoms with Crippen LogP contribution in [0.5, 0.6) is 0 Å². The van der Waals surface area contributed by atoms with Crippen molar-refractivity contribution in [3.8, 4) is 11.5 Å². The molecule has 1 saturated heterocycles. The van der Waals surface area contributed by atoms with Gasteiger partial charge in [0.05, 0.1) is 5.60 Å². The number of nitrogens with one attached hydrogen (secondary N) is 2. The van der Waals surface area contributed by atoms with E-state index < -0.39 is 5.60 Å². The van der Waals surface area contributed by atoms with Gasteiger partial charge in [0.15, 0.2) is 5.82 Å². The quantitative estimate of drug-likeness (QED) is 0.690. The molecule has 0 spiro atoms. The maximum atomic E-state index is 10.3. The van der Waals surface area contributed by atoms with Gasteiger partial charge in [0, 0.05) is 31.6 Å². The van der Waals surface area contributed by atoms with Gasteiger partial charge in [0.1, 0.15) is 0 Å². The van der Waals surface area contributed by atoms with E-state index in [-0.39, 0.29) is 0 Å². The van der Waals surface area contributed by atoms with Gasteiger partial charge in [-0.2, -0.15) is 4.98 Å². The van der Waals surface area contributed by atoms with Gasteiger partial charge < -0.3 is 20.3 Å². The van der Waals surface area contributed by atoms with E-state index in [1.807, 2.05) is 30.3 Å². The van der Waals surface area contributed by atoms with Crippen LogP contribution in [-0.4, -0.2) is 47.0 Å². The molecule has 0 bridgehead atoms. The third-order valence-electron chi connectivity index (χ3n) is 3.92. The van der Waals surface area contributed by atoms with Crippen molar-refractivity contribution in [3.05, 3.63) is 36.2 Å². The summed E-state index contributed by atoms with van der Waals surface area (Å²) >= 11 is 0. The Hall–Kier alpha value is -1.76. The second-order valence-corrected chi connectivity index (χ2v) is 5.81. The first-order chi connectivity index (χ1) is 10.8. The molecule has 1 aromatic carbocycles. The molecule has 1 aliphatic heterocycles. The average Bonchev–Trinajstić information content (AvgIpc) is 3.02. The third kappa shape index (κ3) is 3.91. The second-order valence-electron chi connectivity index (χ2n) is 5.81. The molecule has 22 heavy (non-hydrogen) atoms. The van der Waals surface area contributed by atoms with Crippen molar-refractivity contribution in [2.75, 3.05) is 26.2 Å². The topological polar surface area (TPSA) is 83.2 Å². The molecule has 0 aliphatic carbocycles. The maximum absolute atomic E-state index is 10.3. The fraction of sp³-hybridized carbons (Fsp3) is 0.500. The van der Waals surface area contributed by atoms with E-state index in [9.17, 15) is 5.11 Å². The summed E-state index contributed by atoms with van der Waals surface area (Å²) in [5, 5.41) is 20.8. The van der Waals surface area contributed by atoms with Gasteiger partial charge >= 0.3 is 0 Å². The van der Waals surface area contributed by atoms with Gasteiger partial charge in [-0.25, -0.2) is 0 Å². The van der Waals surface area contributed by atoms with Crippen LogP contribution >= 0.6 is 0 Å². The fourth-order valence-electron chi connectivity index (χ4n) is 2.68. The van der Waals surface area contributed by atoms with Gasteiger partial charge in [-0.05, 0) is 31.5 Å². The van der Waals surface area contributed by atoms with E-state index in [4.69, 9.17) is 4.52 Å². The van der Waals surface area contributed by atoms with Gasteiger partial charge in [0.25, 0.3) is 5.89 Å². The first kappa shape index (κ1) is 15.1. The molecule has 0 radical (unpaired) electrons. The molecule has 0 saturated carbocycles. The zero-order valence-corrected chi connectivity index (χ0v) is 12.6. The van der Waals surface area contributed by atoms with E-state index in [1.165, 1.54) is 0 Å². The second kappa shape index (κ2) is 7.00. The molecule has 2 heterocycles. The lowest BCUT2D eigenvalue weighted by Gasteiger charge is -2.32. The summed E-state index contributed by atoms with van der Waals surface area (Å²) in [6, 6.07) is 9.73. The van der Waals surface area contributed by atoms with Crippen molar-refractivity contribution in [1.82, 2.24) is 20.8 Å². The van der Waals surface area contributed by atoms with Crippen LogP contribution in [0.3, 0.4) is 0 Å². The Kier molecular flexibility index (Phi) is 4.82. The number of benzene rings is 1. The van der Waals surface area contributed by atoms with Gasteiger partial charge in [-0.1, -0.05) is 23.4 Å².